The lowest BCUT2D eigenvalue weighted by atomic mass is 9.64. The van der Waals surface area contributed by atoms with Gasteiger partial charge in [-0.2, -0.15) is 0 Å². The number of rotatable bonds is 8. The van der Waals surface area contributed by atoms with E-state index in [0.29, 0.717) is 0 Å². The summed E-state index contributed by atoms with van der Waals surface area (Å²) in [6.07, 6.45) is 24.1. The molecule has 1 heteroatoms. The number of anilines is 1. The third-order valence-corrected chi connectivity index (χ3v) is 9.70. The van der Waals surface area contributed by atoms with Gasteiger partial charge in [0.15, 0.2) is 0 Å². The Balaban J connectivity index is 1.15. The summed E-state index contributed by atoms with van der Waals surface area (Å²) in [4.78, 5) is 0. The molecule has 1 nitrogen and oxygen atoms in total. The maximum absolute atomic E-state index is 3.25. The van der Waals surface area contributed by atoms with Crippen LogP contribution in [0.15, 0.2) is 24.3 Å². The van der Waals surface area contributed by atoms with Gasteiger partial charge in [-0.15, -0.1) is 0 Å². The SMILES string of the molecule is CCCCCC1CCC(C2CCC(C3CCC(c4ccc(NC)cc4)CC3)CC2)CC1. The molecule has 3 saturated carbocycles. The van der Waals surface area contributed by atoms with E-state index in [1.54, 1.807) is 56.9 Å². The molecular weight excluding hydrogens is 374 g/mol. The van der Waals surface area contributed by atoms with E-state index in [0.717, 1.165) is 35.5 Å². The average molecular weight is 424 g/mol. The fourth-order valence-corrected chi connectivity index (χ4v) is 7.56. The molecule has 0 spiro atoms. The third kappa shape index (κ3) is 6.29. The first-order chi connectivity index (χ1) is 15.3. The highest BCUT2D eigenvalue weighted by Gasteiger charge is 2.34. The second-order valence-electron chi connectivity index (χ2n) is 11.4. The lowest BCUT2D eigenvalue weighted by Gasteiger charge is -2.41. The zero-order valence-corrected chi connectivity index (χ0v) is 20.6. The molecule has 1 N–H and O–H groups in total. The molecular formula is C30H49N. The number of nitrogens with one attached hydrogen (secondary N) is 1. The summed E-state index contributed by atoms with van der Waals surface area (Å²) in [7, 11) is 2.01. The van der Waals surface area contributed by atoms with Gasteiger partial charge in [-0.1, -0.05) is 57.6 Å². The van der Waals surface area contributed by atoms with Crippen LogP contribution in [0.5, 0.6) is 0 Å². The summed E-state index contributed by atoms with van der Waals surface area (Å²) in [6.45, 7) is 2.34. The van der Waals surface area contributed by atoms with Crippen LogP contribution in [-0.4, -0.2) is 7.05 Å². The summed E-state index contributed by atoms with van der Waals surface area (Å²) in [5.41, 5.74) is 2.81. The Morgan fingerprint density at radius 3 is 1.61 bits per heavy atom. The smallest absolute Gasteiger partial charge is 0.0337 e. The van der Waals surface area contributed by atoms with Gasteiger partial charge < -0.3 is 5.32 Å². The lowest BCUT2D eigenvalue weighted by Crippen LogP contribution is -2.29. The fourth-order valence-electron chi connectivity index (χ4n) is 7.56. The molecule has 0 unspecified atom stereocenters. The Kier molecular flexibility index (Phi) is 8.79. The molecule has 0 atom stereocenters. The standard InChI is InChI=1S/C30H49N/c1-3-4-5-6-23-7-9-24(10-8-23)25-11-13-26(14-12-25)27-15-17-28(18-16-27)29-19-21-30(31-2)22-20-29/h19-28,31H,3-18H2,1-2H3. The Morgan fingerprint density at radius 1 is 0.645 bits per heavy atom. The van der Waals surface area contributed by atoms with Crippen LogP contribution in [-0.2, 0) is 0 Å². The molecule has 0 heterocycles. The average Bonchev–Trinajstić information content (AvgIpc) is 2.85. The maximum atomic E-state index is 3.25. The minimum absolute atomic E-state index is 0.811. The molecule has 0 amide bonds. The van der Waals surface area contributed by atoms with E-state index < -0.39 is 0 Å². The van der Waals surface area contributed by atoms with Crippen LogP contribution in [0.1, 0.15) is 121 Å². The summed E-state index contributed by atoms with van der Waals surface area (Å²) in [5.74, 6) is 6.13. The molecule has 1 aromatic rings. The molecule has 3 aliphatic rings. The molecule has 0 saturated heterocycles. The van der Waals surface area contributed by atoms with Crippen molar-refractivity contribution in [2.75, 3.05) is 12.4 Å². The second-order valence-corrected chi connectivity index (χ2v) is 11.4. The zero-order valence-electron chi connectivity index (χ0n) is 20.6. The Labute approximate surface area is 193 Å². The number of hydrogen-bond donors (Lipinski definition) is 1. The van der Waals surface area contributed by atoms with Crippen molar-refractivity contribution in [3.05, 3.63) is 29.8 Å². The molecule has 0 bridgehead atoms. The summed E-state index contributed by atoms with van der Waals surface area (Å²) in [5, 5.41) is 3.25. The summed E-state index contributed by atoms with van der Waals surface area (Å²) in [6, 6.07) is 9.23. The molecule has 0 radical (unpaired) electrons. The van der Waals surface area contributed by atoms with E-state index in [1.165, 1.54) is 57.1 Å². The molecule has 174 valence electrons. The van der Waals surface area contributed by atoms with Gasteiger partial charge in [0.1, 0.15) is 0 Å². The van der Waals surface area contributed by atoms with E-state index in [1.807, 2.05) is 7.05 Å². The summed E-state index contributed by atoms with van der Waals surface area (Å²) < 4.78 is 0. The van der Waals surface area contributed by atoms with Crippen molar-refractivity contribution in [2.24, 2.45) is 29.6 Å². The van der Waals surface area contributed by atoms with E-state index >= 15 is 0 Å². The van der Waals surface area contributed by atoms with Gasteiger partial charge >= 0.3 is 0 Å². The molecule has 1 aromatic carbocycles. The second kappa shape index (κ2) is 11.8. The van der Waals surface area contributed by atoms with E-state index in [9.17, 15) is 0 Å². The minimum atomic E-state index is 0.811. The van der Waals surface area contributed by atoms with Gasteiger partial charge in [-0.25, -0.2) is 0 Å². The van der Waals surface area contributed by atoms with E-state index in [4.69, 9.17) is 0 Å². The quantitative estimate of drug-likeness (QED) is 0.411. The van der Waals surface area contributed by atoms with Crippen molar-refractivity contribution in [1.29, 1.82) is 0 Å². The Morgan fingerprint density at radius 2 is 1.13 bits per heavy atom. The van der Waals surface area contributed by atoms with Crippen molar-refractivity contribution < 1.29 is 0 Å². The predicted octanol–water partition coefficient (Wildman–Crippen LogP) is 9.20. The first-order valence-corrected chi connectivity index (χ1v) is 14.0. The van der Waals surface area contributed by atoms with Crippen molar-refractivity contribution >= 4 is 5.69 Å². The van der Waals surface area contributed by atoms with Gasteiger partial charge in [-0.05, 0) is 117 Å². The first-order valence-electron chi connectivity index (χ1n) is 14.0. The highest BCUT2D eigenvalue weighted by Crippen LogP contribution is 2.47. The van der Waals surface area contributed by atoms with Gasteiger partial charge in [0, 0.05) is 12.7 Å². The maximum Gasteiger partial charge on any atom is 0.0337 e. The van der Waals surface area contributed by atoms with Gasteiger partial charge in [-0.3, -0.25) is 0 Å². The largest absolute Gasteiger partial charge is 0.388 e. The van der Waals surface area contributed by atoms with Crippen LogP contribution in [0, 0.1) is 29.6 Å². The molecule has 3 fully saturated rings. The monoisotopic (exact) mass is 423 g/mol. The van der Waals surface area contributed by atoms with Crippen LogP contribution < -0.4 is 5.32 Å². The normalized spacial score (nSPS) is 34.4. The first kappa shape index (κ1) is 23.2. The Bertz CT molecular complexity index is 610. The lowest BCUT2D eigenvalue weighted by molar-refractivity contribution is 0.108. The van der Waals surface area contributed by atoms with Crippen LogP contribution >= 0.6 is 0 Å². The van der Waals surface area contributed by atoms with E-state index in [2.05, 4.69) is 36.5 Å². The number of unbranched alkanes of at least 4 members (excludes halogenated alkanes) is 2. The molecule has 3 aliphatic carbocycles. The molecule has 31 heavy (non-hydrogen) atoms. The fraction of sp³-hybridized carbons (Fsp3) is 0.800. The van der Waals surface area contributed by atoms with Crippen LogP contribution in [0.2, 0.25) is 0 Å². The van der Waals surface area contributed by atoms with Crippen molar-refractivity contribution in [1.82, 2.24) is 0 Å². The third-order valence-electron chi connectivity index (χ3n) is 9.70. The van der Waals surface area contributed by atoms with Crippen molar-refractivity contribution in [3.63, 3.8) is 0 Å². The topological polar surface area (TPSA) is 12.0 Å². The van der Waals surface area contributed by atoms with Gasteiger partial charge in [0.2, 0.25) is 0 Å². The van der Waals surface area contributed by atoms with Crippen LogP contribution in [0.25, 0.3) is 0 Å². The van der Waals surface area contributed by atoms with E-state index in [-0.39, 0.29) is 0 Å². The number of benzene rings is 1. The highest BCUT2D eigenvalue weighted by molar-refractivity contribution is 5.44. The van der Waals surface area contributed by atoms with Crippen molar-refractivity contribution in [3.8, 4) is 0 Å². The van der Waals surface area contributed by atoms with Gasteiger partial charge in [0.05, 0.1) is 0 Å². The van der Waals surface area contributed by atoms with Crippen molar-refractivity contribution in [2.45, 2.75) is 116 Å². The minimum Gasteiger partial charge on any atom is -0.388 e. The van der Waals surface area contributed by atoms with Gasteiger partial charge in [0.25, 0.3) is 0 Å². The van der Waals surface area contributed by atoms with Crippen LogP contribution in [0.3, 0.4) is 0 Å². The van der Waals surface area contributed by atoms with Crippen LogP contribution in [0.4, 0.5) is 5.69 Å². The predicted molar refractivity (Wildman–Crippen MR) is 136 cm³/mol. The zero-order chi connectivity index (χ0) is 21.5. The Hall–Kier alpha value is -0.980. The number of hydrogen-bond acceptors (Lipinski definition) is 1. The highest BCUT2D eigenvalue weighted by atomic mass is 14.8. The molecule has 0 aliphatic heterocycles. The summed E-state index contributed by atoms with van der Waals surface area (Å²) >= 11 is 0. The molecule has 0 aromatic heterocycles. The molecule has 4 rings (SSSR count).